The lowest BCUT2D eigenvalue weighted by Crippen LogP contribution is -1.89. The lowest BCUT2D eigenvalue weighted by atomic mass is 9.98. The second kappa shape index (κ2) is 4.52. The number of hydrogen-bond donors (Lipinski definition) is 3. The lowest BCUT2D eigenvalue weighted by molar-refractivity contribution is 0.372. The minimum atomic E-state index is 0.0253. The predicted octanol–water partition coefficient (Wildman–Crippen LogP) is 3.91. The molecule has 5 nitrogen and oxygen atoms in total. The van der Waals surface area contributed by atoms with Crippen molar-refractivity contribution in [2.24, 2.45) is 0 Å². The van der Waals surface area contributed by atoms with E-state index < -0.39 is 0 Å². The van der Waals surface area contributed by atoms with Gasteiger partial charge in [-0.3, -0.25) is 4.98 Å². The molecule has 3 N–H and O–H groups in total. The summed E-state index contributed by atoms with van der Waals surface area (Å²) in [5.74, 6) is 0.318. The summed E-state index contributed by atoms with van der Waals surface area (Å²) in [5, 5.41) is 23.3. The number of aromatic amines is 1. The van der Waals surface area contributed by atoms with Crippen molar-refractivity contribution in [2.45, 2.75) is 13.8 Å². The number of nitrogens with zero attached hydrogens (tertiary/aromatic N) is 1. The number of hydrogen-bond acceptors (Lipinski definition) is 4. The number of phenolic OH excluding ortho intramolecular Hbond substituents is 2. The Morgan fingerprint density at radius 2 is 1.87 bits per heavy atom. The normalized spacial score (nSPS) is 11.6. The average Bonchev–Trinajstić information content (AvgIpc) is 2.97. The Hall–Kier alpha value is -2.95. The van der Waals surface area contributed by atoms with Crippen LogP contribution in [0.25, 0.3) is 32.7 Å². The molecule has 4 rings (SSSR count). The molecule has 0 radical (unpaired) electrons. The number of aryl methyl sites for hydroxylation is 2. The van der Waals surface area contributed by atoms with E-state index in [2.05, 4.69) is 9.97 Å². The number of pyridine rings is 1. The molecule has 2 aromatic heterocycles. The zero-order valence-electron chi connectivity index (χ0n) is 13.1. The van der Waals surface area contributed by atoms with Gasteiger partial charge in [0.05, 0.1) is 29.0 Å². The van der Waals surface area contributed by atoms with Crippen molar-refractivity contribution in [1.29, 1.82) is 0 Å². The largest absolute Gasteiger partial charge is 0.506 e. The van der Waals surface area contributed by atoms with Gasteiger partial charge in [0.25, 0.3) is 0 Å². The van der Waals surface area contributed by atoms with Gasteiger partial charge < -0.3 is 19.9 Å². The van der Waals surface area contributed by atoms with Crippen molar-refractivity contribution < 1.29 is 14.9 Å². The fourth-order valence-electron chi connectivity index (χ4n) is 3.39. The molecular formula is C18H16N2O3. The quantitative estimate of drug-likeness (QED) is 0.466. The number of fused-ring (bicyclic) bond motifs is 4. The minimum Gasteiger partial charge on any atom is -0.506 e. The molecule has 4 aromatic rings. The number of aromatic hydroxyl groups is 2. The Labute approximate surface area is 132 Å². The van der Waals surface area contributed by atoms with Crippen molar-refractivity contribution in [2.75, 3.05) is 7.11 Å². The van der Waals surface area contributed by atoms with Gasteiger partial charge in [-0.2, -0.15) is 0 Å². The van der Waals surface area contributed by atoms with E-state index in [-0.39, 0.29) is 17.2 Å². The molecule has 0 atom stereocenters. The van der Waals surface area contributed by atoms with Crippen molar-refractivity contribution in [3.05, 3.63) is 35.5 Å². The Balaban J connectivity index is 2.36. The van der Waals surface area contributed by atoms with Crippen LogP contribution in [0.4, 0.5) is 0 Å². The van der Waals surface area contributed by atoms with Crippen LogP contribution in [0, 0.1) is 13.8 Å². The van der Waals surface area contributed by atoms with Crippen LogP contribution in [0.5, 0.6) is 17.2 Å². The highest BCUT2D eigenvalue weighted by Gasteiger charge is 2.21. The summed E-state index contributed by atoms with van der Waals surface area (Å²) in [6.45, 7) is 3.98. The molecule has 0 aliphatic heterocycles. The molecule has 5 heteroatoms. The number of methoxy groups -OCH3 is 1. The molecule has 0 saturated heterocycles. The van der Waals surface area contributed by atoms with Crippen LogP contribution in [0.15, 0.2) is 24.4 Å². The van der Waals surface area contributed by atoms with Gasteiger partial charge in [0.1, 0.15) is 5.75 Å². The first-order valence-electron chi connectivity index (χ1n) is 7.32. The van der Waals surface area contributed by atoms with Gasteiger partial charge in [-0.1, -0.05) is 6.07 Å². The number of phenols is 2. The number of benzene rings is 2. The molecule has 0 bridgehead atoms. The topological polar surface area (TPSA) is 78.4 Å². The van der Waals surface area contributed by atoms with Gasteiger partial charge in [-0.05, 0) is 31.0 Å². The van der Waals surface area contributed by atoms with E-state index in [0.717, 1.165) is 32.9 Å². The Morgan fingerprint density at radius 1 is 1.09 bits per heavy atom. The highest BCUT2D eigenvalue weighted by atomic mass is 16.5. The van der Waals surface area contributed by atoms with E-state index in [1.165, 1.54) is 13.2 Å². The second-order valence-electron chi connectivity index (χ2n) is 5.72. The van der Waals surface area contributed by atoms with Crippen molar-refractivity contribution in [3.63, 3.8) is 0 Å². The fraction of sp³-hybridized carbons (Fsp3) is 0.167. The van der Waals surface area contributed by atoms with E-state index in [1.807, 2.05) is 26.0 Å². The highest BCUT2D eigenvalue weighted by molar-refractivity contribution is 6.19. The first-order chi connectivity index (χ1) is 11.0. The van der Waals surface area contributed by atoms with Crippen molar-refractivity contribution in [1.82, 2.24) is 9.97 Å². The van der Waals surface area contributed by atoms with Crippen molar-refractivity contribution >= 4 is 32.7 Å². The van der Waals surface area contributed by atoms with Gasteiger partial charge in [-0.25, -0.2) is 0 Å². The molecule has 0 fully saturated rings. The van der Waals surface area contributed by atoms with E-state index in [4.69, 9.17) is 4.74 Å². The summed E-state index contributed by atoms with van der Waals surface area (Å²) < 4.78 is 5.17. The van der Waals surface area contributed by atoms with Gasteiger partial charge in [-0.15, -0.1) is 0 Å². The van der Waals surface area contributed by atoms with Gasteiger partial charge in [0, 0.05) is 23.0 Å². The third kappa shape index (κ3) is 1.64. The van der Waals surface area contributed by atoms with E-state index in [1.54, 1.807) is 6.20 Å². The number of H-pyrrole nitrogens is 1. The average molecular weight is 308 g/mol. The predicted molar refractivity (Wildman–Crippen MR) is 90.5 cm³/mol. The Kier molecular flexibility index (Phi) is 2.69. The molecule has 0 saturated carbocycles. The molecule has 0 amide bonds. The Bertz CT molecular complexity index is 1100. The first kappa shape index (κ1) is 13.7. The zero-order chi connectivity index (χ0) is 16.3. The molecule has 116 valence electrons. The van der Waals surface area contributed by atoms with Crippen LogP contribution in [-0.2, 0) is 0 Å². The first-order valence-corrected chi connectivity index (χ1v) is 7.32. The highest BCUT2D eigenvalue weighted by Crippen LogP contribution is 2.46. The molecule has 0 aliphatic carbocycles. The lowest BCUT2D eigenvalue weighted by Gasteiger charge is -2.09. The molecule has 0 aliphatic rings. The summed E-state index contributed by atoms with van der Waals surface area (Å²) in [5.41, 5.74) is 4.26. The van der Waals surface area contributed by atoms with Crippen LogP contribution < -0.4 is 4.74 Å². The number of rotatable bonds is 1. The minimum absolute atomic E-state index is 0.0253. The number of ether oxygens (including phenoxy) is 1. The van der Waals surface area contributed by atoms with Gasteiger partial charge >= 0.3 is 0 Å². The molecule has 2 heterocycles. The molecule has 0 spiro atoms. The maximum atomic E-state index is 10.6. The summed E-state index contributed by atoms with van der Waals surface area (Å²) in [7, 11) is 1.46. The fourth-order valence-corrected chi connectivity index (χ4v) is 3.39. The molecule has 23 heavy (non-hydrogen) atoms. The van der Waals surface area contributed by atoms with Crippen LogP contribution in [0.3, 0.4) is 0 Å². The summed E-state index contributed by atoms with van der Waals surface area (Å²) in [4.78, 5) is 7.70. The van der Waals surface area contributed by atoms with E-state index in [9.17, 15) is 10.2 Å². The number of aromatic nitrogens is 2. The SMILES string of the molecule is COc1cc(O)c2[nH]c3c(C)c4ncccc4c(C)c3c2c1O. The maximum Gasteiger partial charge on any atom is 0.168 e. The summed E-state index contributed by atoms with van der Waals surface area (Å²) >= 11 is 0. The smallest absolute Gasteiger partial charge is 0.168 e. The van der Waals surface area contributed by atoms with Crippen LogP contribution in [0.2, 0.25) is 0 Å². The second-order valence-corrected chi connectivity index (χ2v) is 5.72. The van der Waals surface area contributed by atoms with Crippen LogP contribution >= 0.6 is 0 Å². The van der Waals surface area contributed by atoms with Gasteiger partial charge in [0.15, 0.2) is 11.5 Å². The third-order valence-corrected chi connectivity index (χ3v) is 4.53. The van der Waals surface area contributed by atoms with Gasteiger partial charge in [0.2, 0.25) is 0 Å². The maximum absolute atomic E-state index is 10.6. The number of nitrogens with one attached hydrogen (secondary N) is 1. The van der Waals surface area contributed by atoms with Crippen molar-refractivity contribution in [3.8, 4) is 17.2 Å². The van der Waals surface area contributed by atoms with Crippen LogP contribution in [0.1, 0.15) is 11.1 Å². The Morgan fingerprint density at radius 3 is 2.61 bits per heavy atom. The zero-order valence-corrected chi connectivity index (χ0v) is 13.1. The summed E-state index contributed by atoms with van der Waals surface area (Å²) in [6, 6.07) is 5.32. The molecular weight excluding hydrogens is 292 g/mol. The third-order valence-electron chi connectivity index (χ3n) is 4.53. The molecule has 2 aromatic carbocycles. The van der Waals surface area contributed by atoms with E-state index >= 15 is 0 Å². The van der Waals surface area contributed by atoms with Crippen LogP contribution in [-0.4, -0.2) is 27.3 Å². The standard InChI is InChI=1S/C18H16N2O3/c1-8-10-5-4-6-19-15(10)9(2)16-13(8)14-17(20-16)11(21)7-12(23-3)18(14)22/h4-7,20-22H,1-3H3. The molecule has 0 unspecified atom stereocenters. The van der Waals surface area contributed by atoms with E-state index in [0.29, 0.717) is 10.9 Å². The summed E-state index contributed by atoms with van der Waals surface area (Å²) in [6.07, 6.45) is 1.77. The monoisotopic (exact) mass is 308 g/mol.